The highest BCUT2D eigenvalue weighted by Crippen LogP contribution is 2.46. The molecular weight excluding hydrogens is 465 g/mol. The number of aromatic hydroxyl groups is 1. The van der Waals surface area contributed by atoms with E-state index in [1.807, 2.05) is 10.8 Å². The number of nitrogens with zero attached hydrogens (tertiary/aromatic N) is 3. The number of halogens is 1. The molecule has 2 aromatic heterocycles. The molecule has 2 aliphatic rings. The summed E-state index contributed by atoms with van der Waals surface area (Å²) in [6.45, 7) is 1.61. The molecule has 0 bridgehead atoms. The number of fused-ring (bicyclic) bond motifs is 2. The smallest absolute Gasteiger partial charge is 0.256 e. The summed E-state index contributed by atoms with van der Waals surface area (Å²) in [5.74, 6) is -0.264. The van der Waals surface area contributed by atoms with Crippen LogP contribution < -0.4 is 20.8 Å². The maximum absolute atomic E-state index is 15.3. The van der Waals surface area contributed by atoms with Crippen molar-refractivity contribution in [2.75, 3.05) is 18.4 Å². The summed E-state index contributed by atoms with van der Waals surface area (Å²) in [7, 11) is 0. The Kier molecular flexibility index (Phi) is 5.36. The van der Waals surface area contributed by atoms with Crippen molar-refractivity contribution < 1.29 is 19.0 Å². The molecule has 3 heterocycles. The Balaban J connectivity index is 1.40. The zero-order valence-corrected chi connectivity index (χ0v) is 19.3. The quantitative estimate of drug-likeness (QED) is 0.286. The summed E-state index contributed by atoms with van der Waals surface area (Å²) in [5, 5.41) is 16.0. The number of imidazole rings is 1. The molecule has 0 atom stereocenters. The van der Waals surface area contributed by atoms with Gasteiger partial charge in [-0.25, -0.2) is 9.37 Å². The van der Waals surface area contributed by atoms with Crippen molar-refractivity contribution in [2.24, 2.45) is 5.92 Å². The van der Waals surface area contributed by atoms with Gasteiger partial charge in [-0.05, 0) is 43.4 Å². The molecule has 4 aromatic rings. The fraction of sp³-hybridized carbons (Fsp3) is 0.269. The van der Waals surface area contributed by atoms with Gasteiger partial charge in [0.1, 0.15) is 22.5 Å². The van der Waals surface area contributed by atoms with Crippen LogP contribution in [0.15, 0.2) is 54.0 Å². The summed E-state index contributed by atoms with van der Waals surface area (Å²) < 4.78 is 24.9. The highest BCUT2D eigenvalue weighted by atomic mass is 19.1. The lowest BCUT2D eigenvalue weighted by Crippen LogP contribution is -2.31. The summed E-state index contributed by atoms with van der Waals surface area (Å²) in [6, 6.07) is 5.71. The number of pyridine rings is 1. The number of hydrogen-bond acceptors (Lipinski definition) is 6. The molecule has 1 saturated carbocycles. The van der Waals surface area contributed by atoms with Gasteiger partial charge in [0.15, 0.2) is 17.3 Å². The fourth-order valence-electron chi connectivity index (χ4n) is 4.48. The number of aryl methyl sites for hydroxylation is 1. The predicted molar refractivity (Wildman–Crippen MR) is 132 cm³/mol. The first-order valence-electron chi connectivity index (χ1n) is 11.9. The van der Waals surface area contributed by atoms with Crippen LogP contribution in [0.1, 0.15) is 29.6 Å². The highest BCUT2D eigenvalue weighted by molar-refractivity contribution is 6.01. The minimum absolute atomic E-state index is 0.0192. The van der Waals surface area contributed by atoms with Gasteiger partial charge >= 0.3 is 0 Å². The summed E-state index contributed by atoms with van der Waals surface area (Å²) in [5.41, 5.74) is 0.380. The molecule has 10 heteroatoms. The number of ether oxygens (including phenoxy) is 1. The second-order valence-corrected chi connectivity index (χ2v) is 9.19. The second-order valence-electron chi connectivity index (χ2n) is 9.19. The van der Waals surface area contributed by atoms with Gasteiger partial charge in [-0.15, -0.1) is 0 Å². The molecule has 1 aliphatic heterocycles. The van der Waals surface area contributed by atoms with Gasteiger partial charge in [0.25, 0.3) is 5.91 Å². The first kappa shape index (κ1) is 22.1. The van der Waals surface area contributed by atoms with Crippen molar-refractivity contribution in [3.05, 3.63) is 70.8 Å². The van der Waals surface area contributed by atoms with Gasteiger partial charge in [0.05, 0.1) is 17.4 Å². The lowest BCUT2D eigenvalue weighted by molar-refractivity contribution is 0.0951. The summed E-state index contributed by atoms with van der Waals surface area (Å²) in [4.78, 5) is 30.4. The maximum Gasteiger partial charge on any atom is 0.256 e. The molecule has 9 nitrogen and oxygen atoms in total. The zero-order valence-electron chi connectivity index (χ0n) is 19.3. The first-order valence-corrected chi connectivity index (χ1v) is 11.9. The van der Waals surface area contributed by atoms with E-state index in [2.05, 4.69) is 15.6 Å². The number of anilines is 1. The minimum atomic E-state index is -0.636. The van der Waals surface area contributed by atoms with E-state index in [1.165, 1.54) is 18.3 Å². The minimum Gasteiger partial charge on any atom is -0.508 e. The van der Waals surface area contributed by atoms with Crippen LogP contribution in [0.5, 0.6) is 17.2 Å². The van der Waals surface area contributed by atoms with Crippen molar-refractivity contribution in [1.82, 2.24) is 19.4 Å². The average Bonchev–Trinajstić information content (AvgIpc) is 3.54. The maximum atomic E-state index is 15.3. The molecule has 0 radical (unpaired) electrons. The Bertz CT molecular complexity index is 1540. The van der Waals surface area contributed by atoms with E-state index in [9.17, 15) is 14.7 Å². The summed E-state index contributed by atoms with van der Waals surface area (Å²) >= 11 is 0. The number of carbonyl (C=O) groups is 1. The lowest BCUT2D eigenvalue weighted by atomic mass is 10.1. The van der Waals surface area contributed by atoms with Crippen molar-refractivity contribution in [3.63, 3.8) is 0 Å². The predicted octanol–water partition coefficient (Wildman–Crippen LogP) is 3.78. The number of phenolic OH excluding ortho intramolecular Hbond substituents is 1. The van der Waals surface area contributed by atoms with Crippen molar-refractivity contribution in [1.29, 1.82) is 0 Å². The molecule has 36 heavy (non-hydrogen) atoms. The van der Waals surface area contributed by atoms with Crippen LogP contribution in [0, 0.1) is 11.7 Å². The van der Waals surface area contributed by atoms with Crippen LogP contribution in [-0.2, 0) is 6.54 Å². The Morgan fingerprint density at radius 3 is 2.92 bits per heavy atom. The number of hydrogen-bond donors (Lipinski definition) is 3. The van der Waals surface area contributed by atoms with E-state index in [0.29, 0.717) is 48.9 Å². The average molecular weight is 490 g/mol. The van der Waals surface area contributed by atoms with Gasteiger partial charge in [-0.2, -0.15) is 0 Å². The molecule has 1 amide bonds. The van der Waals surface area contributed by atoms with Crippen LogP contribution >= 0.6 is 0 Å². The zero-order chi connectivity index (χ0) is 24.8. The van der Waals surface area contributed by atoms with Gasteiger partial charge in [-0.1, -0.05) is 0 Å². The van der Waals surface area contributed by atoms with E-state index in [0.717, 1.165) is 18.9 Å². The number of nitrogens with one attached hydrogen (secondary N) is 2. The van der Waals surface area contributed by atoms with Gasteiger partial charge in [0.2, 0.25) is 5.43 Å². The van der Waals surface area contributed by atoms with E-state index in [1.54, 1.807) is 23.2 Å². The van der Waals surface area contributed by atoms with Crippen LogP contribution in [0.25, 0.3) is 16.6 Å². The topological polar surface area (TPSA) is 110 Å². The molecule has 0 spiro atoms. The van der Waals surface area contributed by atoms with Crippen molar-refractivity contribution in [2.45, 2.75) is 25.8 Å². The third-order valence-electron chi connectivity index (χ3n) is 6.56. The van der Waals surface area contributed by atoms with Gasteiger partial charge < -0.3 is 29.6 Å². The number of amides is 1. The molecule has 2 aromatic carbocycles. The van der Waals surface area contributed by atoms with Crippen molar-refractivity contribution >= 4 is 22.5 Å². The second kappa shape index (κ2) is 8.71. The van der Waals surface area contributed by atoms with Crippen LogP contribution in [0.2, 0.25) is 0 Å². The number of aromatic nitrogens is 3. The monoisotopic (exact) mass is 489 g/mol. The normalized spacial score (nSPS) is 13.8. The number of phenols is 1. The summed E-state index contributed by atoms with van der Waals surface area (Å²) in [6.07, 6.45) is 9.48. The fourth-order valence-corrected chi connectivity index (χ4v) is 4.48. The molecule has 1 aliphatic carbocycles. The van der Waals surface area contributed by atoms with Crippen LogP contribution in [0.4, 0.5) is 10.1 Å². The Morgan fingerprint density at radius 2 is 2.14 bits per heavy atom. The van der Waals surface area contributed by atoms with E-state index in [-0.39, 0.29) is 28.1 Å². The molecular formula is C26H24FN5O4. The van der Waals surface area contributed by atoms with E-state index in [4.69, 9.17) is 4.74 Å². The standard InChI is InChI=1S/C26H24FN5O4/c27-19-11-17-23-25(22(19)30-12-15-2-3-15)36-21-10-16(33)4-5-20(21)32(23)13-18(24(17)34)26(35)29-6-1-8-31-9-7-28-14-31/h4-5,7,9-11,13-15,30,33H,1-3,6,8,12H2,(H,29,35). The molecule has 0 saturated heterocycles. The van der Waals surface area contributed by atoms with Crippen molar-refractivity contribution in [3.8, 4) is 22.9 Å². The van der Waals surface area contributed by atoms with E-state index >= 15 is 4.39 Å². The molecule has 1 fully saturated rings. The van der Waals surface area contributed by atoms with E-state index < -0.39 is 17.2 Å². The molecule has 0 unspecified atom stereocenters. The highest BCUT2D eigenvalue weighted by Gasteiger charge is 2.30. The number of benzene rings is 2. The SMILES string of the molecule is O=C(NCCCn1ccnc1)c1cn2c3c(c(NCC4CC4)c(F)cc3c1=O)Oc1cc(O)ccc1-2. The Hall–Kier alpha value is -4.34. The number of rotatable bonds is 8. The Labute approximate surface area is 205 Å². The van der Waals surface area contributed by atoms with Crippen LogP contribution in [-0.4, -0.2) is 38.2 Å². The van der Waals surface area contributed by atoms with Gasteiger partial charge in [-0.3, -0.25) is 9.59 Å². The van der Waals surface area contributed by atoms with Gasteiger partial charge in [0, 0.05) is 44.3 Å². The molecule has 3 N–H and O–H groups in total. The molecule has 6 rings (SSSR count). The third kappa shape index (κ3) is 3.94. The lowest BCUT2D eigenvalue weighted by Gasteiger charge is -2.26. The third-order valence-corrected chi connectivity index (χ3v) is 6.56. The molecule has 184 valence electrons. The first-order chi connectivity index (χ1) is 17.5. The largest absolute Gasteiger partial charge is 0.508 e. The van der Waals surface area contributed by atoms with Crippen LogP contribution in [0.3, 0.4) is 0 Å². The Morgan fingerprint density at radius 1 is 1.28 bits per heavy atom. The number of carbonyl (C=O) groups excluding carboxylic acids is 1.